The fourth-order valence-electron chi connectivity index (χ4n) is 0.368. The third kappa shape index (κ3) is 3.06. The molecule has 5 nitrogen and oxygen atoms in total. The second-order valence-corrected chi connectivity index (χ2v) is 2.23. The molecule has 0 aliphatic rings. The molecule has 0 aromatic carbocycles. The normalized spacial score (nSPS) is 13.9. The van der Waals surface area contributed by atoms with Gasteiger partial charge in [-0.2, -0.15) is 0 Å². The molecule has 0 aliphatic heterocycles. The molecule has 0 saturated carbocycles. The van der Waals surface area contributed by atoms with Crippen LogP contribution in [-0.4, -0.2) is 29.2 Å². The van der Waals surface area contributed by atoms with Gasteiger partial charge in [0, 0.05) is 0 Å². The summed E-state index contributed by atoms with van der Waals surface area (Å²) in [6, 6.07) is 0. The third-order valence-corrected chi connectivity index (χ3v) is 1.14. The van der Waals surface area contributed by atoms with Gasteiger partial charge in [0.2, 0.25) is 5.54 Å². The van der Waals surface area contributed by atoms with Crippen LogP contribution in [0.5, 0.6) is 0 Å². The number of carboxylic acids is 1. The van der Waals surface area contributed by atoms with Crippen molar-refractivity contribution in [1.29, 1.82) is 0 Å². The standard InChI is InChI=1S/C6H11NO4.ClH/c1-3-11-5(10)6(2,7)4(8)9;/h3,7H2,1-2H3,(H,8,9);1H/t6-;/m0./s1. The predicted molar refractivity (Wildman–Crippen MR) is 44.1 cm³/mol. The summed E-state index contributed by atoms with van der Waals surface area (Å²) in [5.74, 6) is -2.32. The molecule has 3 N–H and O–H groups in total. The van der Waals surface area contributed by atoms with Gasteiger partial charge < -0.3 is 15.6 Å². The van der Waals surface area contributed by atoms with Crippen LogP contribution in [0.2, 0.25) is 0 Å². The van der Waals surface area contributed by atoms with E-state index in [1.54, 1.807) is 6.92 Å². The van der Waals surface area contributed by atoms with Crippen LogP contribution in [0.25, 0.3) is 0 Å². The van der Waals surface area contributed by atoms with Gasteiger partial charge in [0.1, 0.15) is 0 Å². The molecule has 0 bridgehead atoms. The fourth-order valence-corrected chi connectivity index (χ4v) is 0.368. The minimum atomic E-state index is -1.93. The second kappa shape index (κ2) is 4.95. The van der Waals surface area contributed by atoms with E-state index in [0.29, 0.717) is 0 Å². The Bertz CT molecular complexity index is 180. The van der Waals surface area contributed by atoms with Crippen molar-refractivity contribution in [2.45, 2.75) is 19.4 Å². The van der Waals surface area contributed by atoms with Gasteiger partial charge in [0.25, 0.3) is 0 Å². The topological polar surface area (TPSA) is 89.6 Å². The number of ether oxygens (including phenoxy) is 1. The van der Waals surface area contributed by atoms with Crippen molar-refractivity contribution in [2.24, 2.45) is 5.73 Å². The summed E-state index contributed by atoms with van der Waals surface area (Å²) in [7, 11) is 0. The van der Waals surface area contributed by atoms with E-state index in [-0.39, 0.29) is 19.0 Å². The Kier molecular flexibility index (Phi) is 5.67. The van der Waals surface area contributed by atoms with Crippen molar-refractivity contribution in [1.82, 2.24) is 0 Å². The number of hydrogen-bond acceptors (Lipinski definition) is 4. The zero-order valence-corrected chi connectivity index (χ0v) is 7.68. The number of halogens is 1. The van der Waals surface area contributed by atoms with Crippen LogP contribution in [0.1, 0.15) is 13.8 Å². The summed E-state index contributed by atoms with van der Waals surface area (Å²) in [5, 5.41) is 8.41. The Labute approximate surface area is 76.3 Å². The van der Waals surface area contributed by atoms with E-state index in [1.165, 1.54) is 0 Å². The summed E-state index contributed by atoms with van der Waals surface area (Å²) in [5.41, 5.74) is 3.18. The first-order valence-electron chi connectivity index (χ1n) is 3.12. The quantitative estimate of drug-likeness (QED) is 0.482. The zero-order valence-electron chi connectivity index (χ0n) is 6.86. The van der Waals surface area contributed by atoms with Crippen LogP contribution in [0.4, 0.5) is 0 Å². The first-order valence-corrected chi connectivity index (χ1v) is 3.12. The lowest BCUT2D eigenvalue weighted by Crippen LogP contribution is -2.53. The highest BCUT2D eigenvalue weighted by Gasteiger charge is 2.38. The summed E-state index contributed by atoms with van der Waals surface area (Å²) in [6.45, 7) is 2.79. The van der Waals surface area contributed by atoms with Gasteiger partial charge in [0.15, 0.2) is 0 Å². The largest absolute Gasteiger partial charge is 0.479 e. The lowest BCUT2D eigenvalue weighted by molar-refractivity contribution is -0.159. The van der Waals surface area contributed by atoms with E-state index in [1.807, 2.05) is 0 Å². The van der Waals surface area contributed by atoms with E-state index in [0.717, 1.165) is 6.92 Å². The smallest absolute Gasteiger partial charge is 0.337 e. The molecular formula is C6H12ClNO4. The molecule has 0 amide bonds. The summed E-state index contributed by atoms with van der Waals surface area (Å²) in [4.78, 5) is 21.1. The van der Waals surface area contributed by atoms with Gasteiger partial charge >= 0.3 is 11.9 Å². The molecule has 0 aromatic rings. The monoisotopic (exact) mass is 197 g/mol. The highest BCUT2D eigenvalue weighted by Crippen LogP contribution is 2.01. The highest BCUT2D eigenvalue weighted by molar-refractivity contribution is 6.03. The van der Waals surface area contributed by atoms with E-state index in [9.17, 15) is 9.59 Å². The molecule has 1 atom stereocenters. The minimum Gasteiger partial charge on any atom is -0.479 e. The van der Waals surface area contributed by atoms with Crippen molar-refractivity contribution < 1.29 is 19.4 Å². The molecule has 0 rings (SSSR count). The Morgan fingerprint density at radius 2 is 2.00 bits per heavy atom. The Morgan fingerprint density at radius 3 is 2.25 bits per heavy atom. The summed E-state index contributed by atoms with van der Waals surface area (Å²) >= 11 is 0. The maximum atomic E-state index is 10.8. The van der Waals surface area contributed by atoms with Crippen molar-refractivity contribution in [2.75, 3.05) is 6.61 Å². The predicted octanol–water partition coefficient (Wildman–Crippen LogP) is -0.227. The SMILES string of the molecule is CCOC(=O)[C@@](C)(N)C(=O)O.Cl. The molecule has 0 fully saturated rings. The zero-order chi connectivity index (χ0) is 9.07. The molecule has 6 heteroatoms. The van der Waals surface area contributed by atoms with Gasteiger partial charge in [-0.05, 0) is 13.8 Å². The average molecular weight is 198 g/mol. The number of aliphatic carboxylic acids is 1. The van der Waals surface area contributed by atoms with Gasteiger partial charge in [-0.15, -0.1) is 12.4 Å². The molecule has 0 spiro atoms. The van der Waals surface area contributed by atoms with Crippen LogP contribution < -0.4 is 5.73 Å². The van der Waals surface area contributed by atoms with Gasteiger partial charge in [-0.25, -0.2) is 9.59 Å². The molecule has 0 radical (unpaired) electrons. The number of esters is 1. The van der Waals surface area contributed by atoms with Crippen molar-refractivity contribution >= 4 is 24.3 Å². The minimum absolute atomic E-state index is 0. The Balaban J connectivity index is 0. The summed E-state index contributed by atoms with van der Waals surface area (Å²) in [6.07, 6.45) is 0. The first-order chi connectivity index (χ1) is 4.92. The van der Waals surface area contributed by atoms with E-state index in [2.05, 4.69) is 4.74 Å². The van der Waals surface area contributed by atoms with Crippen LogP contribution in [-0.2, 0) is 14.3 Å². The maximum absolute atomic E-state index is 10.8. The first kappa shape index (κ1) is 13.8. The van der Waals surface area contributed by atoms with Crippen LogP contribution in [0, 0.1) is 0 Å². The average Bonchev–Trinajstić information content (AvgIpc) is 1.88. The molecular weight excluding hydrogens is 186 g/mol. The lowest BCUT2D eigenvalue weighted by atomic mass is 10.1. The molecule has 0 aromatic heterocycles. The molecule has 0 heterocycles. The fraction of sp³-hybridized carbons (Fsp3) is 0.667. The van der Waals surface area contributed by atoms with Crippen LogP contribution >= 0.6 is 12.4 Å². The molecule has 12 heavy (non-hydrogen) atoms. The number of rotatable bonds is 3. The van der Waals surface area contributed by atoms with Crippen molar-refractivity contribution in [3.8, 4) is 0 Å². The second-order valence-electron chi connectivity index (χ2n) is 2.23. The third-order valence-electron chi connectivity index (χ3n) is 1.14. The van der Waals surface area contributed by atoms with E-state index >= 15 is 0 Å². The maximum Gasteiger partial charge on any atom is 0.337 e. The van der Waals surface area contributed by atoms with Crippen molar-refractivity contribution in [3.63, 3.8) is 0 Å². The summed E-state index contributed by atoms with van der Waals surface area (Å²) < 4.78 is 4.42. The number of carbonyl (C=O) groups is 2. The van der Waals surface area contributed by atoms with E-state index < -0.39 is 17.5 Å². The van der Waals surface area contributed by atoms with E-state index in [4.69, 9.17) is 10.8 Å². The molecule has 0 saturated heterocycles. The lowest BCUT2D eigenvalue weighted by Gasteiger charge is -2.16. The Hall–Kier alpha value is -0.810. The molecule has 0 aliphatic carbocycles. The highest BCUT2D eigenvalue weighted by atomic mass is 35.5. The van der Waals surface area contributed by atoms with Crippen LogP contribution in [0.15, 0.2) is 0 Å². The van der Waals surface area contributed by atoms with Crippen LogP contribution in [0.3, 0.4) is 0 Å². The van der Waals surface area contributed by atoms with Gasteiger partial charge in [0.05, 0.1) is 6.61 Å². The van der Waals surface area contributed by atoms with Gasteiger partial charge in [-0.3, -0.25) is 0 Å². The number of nitrogens with two attached hydrogens (primary N) is 1. The van der Waals surface area contributed by atoms with Gasteiger partial charge in [-0.1, -0.05) is 0 Å². The molecule has 72 valence electrons. The number of hydrogen-bond donors (Lipinski definition) is 2. The van der Waals surface area contributed by atoms with Crippen molar-refractivity contribution in [3.05, 3.63) is 0 Å². The number of carbonyl (C=O) groups excluding carboxylic acids is 1. The molecule has 0 unspecified atom stereocenters. The number of carboxylic acid groups (broad SMARTS) is 1. The Morgan fingerprint density at radius 1 is 1.58 bits per heavy atom.